The molecule has 0 unspecified atom stereocenters. The van der Waals surface area contributed by atoms with Gasteiger partial charge in [-0.05, 0) is 24.8 Å². The standard InChI is InChI=1S/C13H22S/c1-7-8-11(12(2,3)4)9-10-13(5,6)14/h7-10,14H,1H2,2-6H3/b10-9+,11-8+. The first-order valence-corrected chi connectivity index (χ1v) is 5.36. The van der Waals surface area contributed by atoms with E-state index >= 15 is 0 Å². The Bertz CT molecular complexity index is 243. The quantitative estimate of drug-likeness (QED) is 0.518. The molecule has 0 aliphatic heterocycles. The highest BCUT2D eigenvalue weighted by molar-refractivity contribution is 7.82. The van der Waals surface area contributed by atoms with Crippen molar-refractivity contribution in [3.8, 4) is 0 Å². The van der Waals surface area contributed by atoms with E-state index in [1.54, 1.807) is 0 Å². The molecule has 0 aromatic carbocycles. The number of allylic oxidation sites excluding steroid dienone is 4. The van der Waals surface area contributed by atoms with Crippen molar-refractivity contribution >= 4 is 12.6 Å². The first kappa shape index (κ1) is 13.6. The SMILES string of the molecule is C=C/C=C(\C=C\C(C)(C)S)C(C)(C)C. The van der Waals surface area contributed by atoms with Crippen LogP contribution in [0.5, 0.6) is 0 Å². The van der Waals surface area contributed by atoms with Crippen molar-refractivity contribution in [1.29, 1.82) is 0 Å². The summed E-state index contributed by atoms with van der Waals surface area (Å²) in [6, 6.07) is 0. The third kappa shape index (κ3) is 6.09. The van der Waals surface area contributed by atoms with Crippen LogP contribution in [-0.4, -0.2) is 4.75 Å². The van der Waals surface area contributed by atoms with Gasteiger partial charge in [-0.15, -0.1) is 0 Å². The Morgan fingerprint density at radius 2 is 1.64 bits per heavy atom. The van der Waals surface area contributed by atoms with Crippen LogP contribution in [0.1, 0.15) is 34.6 Å². The van der Waals surface area contributed by atoms with E-state index in [9.17, 15) is 0 Å². The molecular weight excluding hydrogens is 188 g/mol. The molecule has 0 bridgehead atoms. The summed E-state index contributed by atoms with van der Waals surface area (Å²) in [7, 11) is 0. The van der Waals surface area contributed by atoms with Crippen LogP contribution in [0.25, 0.3) is 0 Å². The number of rotatable bonds is 3. The first-order valence-electron chi connectivity index (χ1n) is 4.91. The minimum atomic E-state index is -0.0640. The highest BCUT2D eigenvalue weighted by Gasteiger charge is 2.15. The van der Waals surface area contributed by atoms with Crippen molar-refractivity contribution < 1.29 is 0 Å². The van der Waals surface area contributed by atoms with Gasteiger partial charge in [-0.1, -0.05) is 51.7 Å². The van der Waals surface area contributed by atoms with Crippen molar-refractivity contribution in [2.75, 3.05) is 0 Å². The van der Waals surface area contributed by atoms with Gasteiger partial charge in [0, 0.05) is 4.75 Å². The molecular formula is C13H22S. The fourth-order valence-corrected chi connectivity index (χ4v) is 1.05. The van der Waals surface area contributed by atoms with Gasteiger partial charge in [-0.3, -0.25) is 0 Å². The Balaban J connectivity index is 4.83. The molecule has 0 radical (unpaired) electrons. The molecule has 0 atom stereocenters. The second kappa shape index (κ2) is 4.88. The lowest BCUT2D eigenvalue weighted by molar-refractivity contribution is 0.516. The summed E-state index contributed by atoms with van der Waals surface area (Å²) in [5, 5.41) is 0. The zero-order valence-corrected chi connectivity index (χ0v) is 10.9. The molecule has 0 amide bonds. The van der Waals surface area contributed by atoms with Crippen molar-refractivity contribution in [1.82, 2.24) is 0 Å². The van der Waals surface area contributed by atoms with Gasteiger partial charge < -0.3 is 0 Å². The molecule has 14 heavy (non-hydrogen) atoms. The maximum absolute atomic E-state index is 4.45. The third-order valence-corrected chi connectivity index (χ3v) is 1.98. The minimum absolute atomic E-state index is 0.0640. The van der Waals surface area contributed by atoms with Crippen molar-refractivity contribution in [2.45, 2.75) is 39.4 Å². The largest absolute Gasteiger partial charge is 0.169 e. The molecule has 0 nitrogen and oxygen atoms in total. The zero-order chi connectivity index (χ0) is 11.4. The predicted octanol–water partition coefficient (Wildman–Crippen LogP) is 4.41. The first-order chi connectivity index (χ1) is 6.17. The lowest BCUT2D eigenvalue weighted by Gasteiger charge is -2.21. The van der Waals surface area contributed by atoms with Gasteiger partial charge in [-0.2, -0.15) is 12.6 Å². The lowest BCUT2D eigenvalue weighted by atomic mass is 9.85. The molecule has 0 N–H and O–H groups in total. The van der Waals surface area contributed by atoms with Crippen molar-refractivity contribution in [3.63, 3.8) is 0 Å². The predicted molar refractivity (Wildman–Crippen MR) is 69.9 cm³/mol. The van der Waals surface area contributed by atoms with Gasteiger partial charge in [0.25, 0.3) is 0 Å². The fourth-order valence-electron chi connectivity index (χ4n) is 0.976. The van der Waals surface area contributed by atoms with Crippen LogP contribution in [0.4, 0.5) is 0 Å². The molecule has 0 aromatic rings. The Morgan fingerprint density at radius 3 is 1.93 bits per heavy atom. The van der Waals surface area contributed by atoms with Gasteiger partial charge in [0.15, 0.2) is 0 Å². The van der Waals surface area contributed by atoms with Gasteiger partial charge in [0.05, 0.1) is 0 Å². The van der Waals surface area contributed by atoms with E-state index in [1.807, 2.05) is 6.08 Å². The maximum Gasteiger partial charge on any atom is 0.0255 e. The Labute approximate surface area is 94.2 Å². The summed E-state index contributed by atoms with van der Waals surface area (Å²) in [5.41, 5.74) is 1.43. The topological polar surface area (TPSA) is 0 Å². The molecule has 0 aromatic heterocycles. The summed E-state index contributed by atoms with van der Waals surface area (Å²) >= 11 is 4.45. The average Bonchev–Trinajstić information content (AvgIpc) is 1.93. The van der Waals surface area contributed by atoms with Crippen molar-refractivity contribution in [2.24, 2.45) is 5.41 Å². The van der Waals surface area contributed by atoms with E-state index in [1.165, 1.54) is 5.57 Å². The smallest absolute Gasteiger partial charge is 0.0255 e. The Kier molecular flexibility index (Phi) is 4.73. The van der Waals surface area contributed by atoms with Gasteiger partial charge in [-0.25, -0.2) is 0 Å². The maximum atomic E-state index is 4.45. The van der Waals surface area contributed by atoms with Crippen LogP contribution in [0.15, 0.2) is 36.5 Å². The van der Waals surface area contributed by atoms with E-state index in [0.29, 0.717) is 0 Å². The molecule has 0 saturated carbocycles. The molecule has 0 aliphatic rings. The van der Waals surface area contributed by atoms with E-state index < -0.39 is 0 Å². The number of thiol groups is 1. The minimum Gasteiger partial charge on any atom is -0.169 e. The molecule has 0 rings (SSSR count). The van der Waals surface area contributed by atoms with Gasteiger partial charge >= 0.3 is 0 Å². The highest BCUT2D eigenvalue weighted by Crippen LogP contribution is 2.27. The molecule has 0 fully saturated rings. The molecule has 80 valence electrons. The van der Waals surface area contributed by atoms with E-state index in [2.05, 4.69) is 72.1 Å². The number of hydrogen-bond donors (Lipinski definition) is 1. The molecule has 0 heterocycles. The summed E-state index contributed by atoms with van der Waals surface area (Å²) in [6.07, 6.45) is 8.12. The van der Waals surface area contributed by atoms with Crippen LogP contribution < -0.4 is 0 Å². The fraction of sp³-hybridized carbons (Fsp3) is 0.538. The zero-order valence-electron chi connectivity index (χ0n) is 9.96. The second-order valence-corrected chi connectivity index (χ2v) is 6.25. The molecule has 1 heteroatoms. The second-order valence-electron chi connectivity index (χ2n) is 5.09. The highest BCUT2D eigenvalue weighted by atomic mass is 32.1. The summed E-state index contributed by atoms with van der Waals surface area (Å²) in [5.74, 6) is 0. The summed E-state index contributed by atoms with van der Waals surface area (Å²) < 4.78 is -0.0640. The average molecular weight is 210 g/mol. The van der Waals surface area contributed by atoms with Gasteiger partial charge in [0.1, 0.15) is 0 Å². The van der Waals surface area contributed by atoms with E-state index in [0.717, 1.165) is 0 Å². The third-order valence-electron chi connectivity index (χ3n) is 1.83. The van der Waals surface area contributed by atoms with E-state index in [-0.39, 0.29) is 10.2 Å². The van der Waals surface area contributed by atoms with Crippen molar-refractivity contribution in [3.05, 3.63) is 36.5 Å². The Hall–Kier alpha value is -0.430. The van der Waals surface area contributed by atoms with Gasteiger partial charge in [0.2, 0.25) is 0 Å². The normalized spacial score (nSPS) is 14.9. The monoisotopic (exact) mass is 210 g/mol. The summed E-state index contributed by atoms with van der Waals surface area (Å²) in [6.45, 7) is 14.4. The van der Waals surface area contributed by atoms with Crippen LogP contribution in [0.2, 0.25) is 0 Å². The van der Waals surface area contributed by atoms with Crippen LogP contribution in [-0.2, 0) is 0 Å². The van der Waals surface area contributed by atoms with Crippen LogP contribution in [0.3, 0.4) is 0 Å². The number of hydrogen-bond acceptors (Lipinski definition) is 1. The lowest BCUT2D eigenvalue weighted by Crippen LogP contribution is -2.10. The van der Waals surface area contributed by atoms with Crippen LogP contribution >= 0.6 is 12.6 Å². The molecule has 0 saturated heterocycles. The van der Waals surface area contributed by atoms with Crippen LogP contribution in [0, 0.1) is 5.41 Å². The summed E-state index contributed by atoms with van der Waals surface area (Å²) in [4.78, 5) is 0. The molecule has 0 spiro atoms. The Morgan fingerprint density at radius 1 is 1.14 bits per heavy atom. The molecule has 0 aliphatic carbocycles. The van der Waals surface area contributed by atoms with E-state index in [4.69, 9.17) is 0 Å².